The Bertz CT molecular complexity index is 614. The molecule has 19 heavy (non-hydrogen) atoms. The van der Waals surface area contributed by atoms with Crippen molar-refractivity contribution in [3.05, 3.63) is 33.9 Å². The third-order valence-electron chi connectivity index (χ3n) is 2.87. The molecule has 1 atom stereocenters. The smallest absolute Gasteiger partial charge is 0.231 e. The first kappa shape index (κ1) is 12.4. The predicted molar refractivity (Wildman–Crippen MR) is 70.0 cm³/mol. The predicted octanol–water partition coefficient (Wildman–Crippen LogP) is 2.17. The van der Waals surface area contributed by atoms with Crippen LogP contribution in [0, 0.1) is 0 Å². The lowest BCUT2D eigenvalue weighted by molar-refractivity contribution is 0.173. The zero-order valence-electron chi connectivity index (χ0n) is 10.2. The Morgan fingerprint density at radius 2 is 2.26 bits per heavy atom. The van der Waals surface area contributed by atoms with E-state index >= 15 is 0 Å². The molecule has 1 unspecified atom stereocenters. The van der Waals surface area contributed by atoms with Crippen molar-refractivity contribution in [1.82, 2.24) is 10.1 Å². The van der Waals surface area contributed by atoms with Gasteiger partial charge in [0.1, 0.15) is 0 Å². The van der Waals surface area contributed by atoms with E-state index in [-0.39, 0.29) is 6.79 Å². The van der Waals surface area contributed by atoms with Gasteiger partial charge in [0, 0.05) is 6.42 Å². The number of rotatable bonds is 3. The molecule has 2 heterocycles. The van der Waals surface area contributed by atoms with Gasteiger partial charge < -0.3 is 19.7 Å². The highest BCUT2D eigenvalue weighted by atomic mass is 79.9. The van der Waals surface area contributed by atoms with Crippen LogP contribution in [-0.4, -0.2) is 16.9 Å². The van der Waals surface area contributed by atoms with Gasteiger partial charge in [0.2, 0.25) is 12.7 Å². The summed E-state index contributed by atoms with van der Waals surface area (Å²) in [6, 6.07) is 3.25. The number of benzene rings is 1. The van der Waals surface area contributed by atoms with E-state index in [1.54, 1.807) is 0 Å². The summed E-state index contributed by atoms with van der Waals surface area (Å²) in [5.41, 5.74) is 6.98. The Labute approximate surface area is 118 Å². The van der Waals surface area contributed by atoms with Crippen LogP contribution in [0.2, 0.25) is 0 Å². The summed E-state index contributed by atoms with van der Waals surface area (Å²) >= 11 is 3.43. The monoisotopic (exact) mass is 325 g/mol. The number of ether oxygens (including phenoxy) is 2. The highest BCUT2D eigenvalue weighted by molar-refractivity contribution is 9.10. The molecule has 0 saturated heterocycles. The minimum atomic E-state index is -0.463. The maximum absolute atomic E-state index is 6.15. The molecule has 0 bridgehead atoms. The number of hydrogen-bond donors (Lipinski definition) is 1. The van der Waals surface area contributed by atoms with Gasteiger partial charge in [-0.2, -0.15) is 4.98 Å². The molecule has 3 rings (SSSR count). The van der Waals surface area contributed by atoms with E-state index < -0.39 is 6.04 Å². The SMILES string of the molecule is CCc1nc(C(N)c2cc(Br)c3c(c2)OCO3)no1. The van der Waals surface area contributed by atoms with Crippen LogP contribution in [0.25, 0.3) is 0 Å². The lowest BCUT2D eigenvalue weighted by Gasteiger charge is -2.09. The average Bonchev–Trinajstić information content (AvgIpc) is 3.06. The van der Waals surface area contributed by atoms with Crippen molar-refractivity contribution in [2.24, 2.45) is 5.73 Å². The quantitative estimate of drug-likeness (QED) is 0.931. The highest BCUT2D eigenvalue weighted by Gasteiger charge is 2.22. The Morgan fingerprint density at radius 1 is 1.42 bits per heavy atom. The minimum absolute atomic E-state index is 0.217. The van der Waals surface area contributed by atoms with Crippen molar-refractivity contribution >= 4 is 15.9 Å². The van der Waals surface area contributed by atoms with Crippen molar-refractivity contribution < 1.29 is 14.0 Å². The van der Waals surface area contributed by atoms with Gasteiger partial charge in [-0.05, 0) is 33.6 Å². The van der Waals surface area contributed by atoms with Crippen LogP contribution in [0.5, 0.6) is 11.5 Å². The summed E-state index contributed by atoms with van der Waals surface area (Å²) in [4.78, 5) is 4.24. The Hall–Kier alpha value is -1.60. The van der Waals surface area contributed by atoms with Crippen molar-refractivity contribution in [3.8, 4) is 11.5 Å². The second-order valence-corrected chi connectivity index (χ2v) is 4.97. The molecule has 0 radical (unpaired) electrons. The molecule has 2 aromatic rings. The number of fused-ring (bicyclic) bond motifs is 1. The first-order valence-electron chi connectivity index (χ1n) is 5.86. The van der Waals surface area contributed by atoms with Gasteiger partial charge in [0.25, 0.3) is 0 Å². The van der Waals surface area contributed by atoms with Gasteiger partial charge >= 0.3 is 0 Å². The van der Waals surface area contributed by atoms with Gasteiger partial charge in [0.05, 0.1) is 10.5 Å². The summed E-state index contributed by atoms with van der Waals surface area (Å²) in [5, 5.41) is 3.89. The normalized spacial score (nSPS) is 14.7. The molecule has 6 nitrogen and oxygen atoms in total. The largest absolute Gasteiger partial charge is 0.454 e. The molecule has 0 fully saturated rings. The van der Waals surface area contributed by atoms with E-state index in [0.29, 0.717) is 29.6 Å². The highest BCUT2D eigenvalue weighted by Crippen LogP contribution is 2.41. The van der Waals surface area contributed by atoms with Crippen molar-refractivity contribution in [2.45, 2.75) is 19.4 Å². The molecule has 7 heteroatoms. The summed E-state index contributed by atoms with van der Waals surface area (Å²) < 4.78 is 16.6. The minimum Gasteiger partial charge on any atom is -0.454 e. The number of nitrogens with two attached hydrogens (primary N) is 1. The van der Waals surface area contributed by atoms with Crippen LogP contribution in [-0.2, 0) is 6.42 Å². The van der Waals surface area contributed by atoms with Crippen LogP contribution in [0.15, 0.2) is 21.1 Å². The van der Waals surface area contributed by atoms with E-state index in [9.17, 15) is 0 Å². The van der Waals surface area contributed by atoms with E-state index in [0.717, 1.165) is 10.0 Å². The first-order valence-corrected chi connectivity index (χ1v) is 6.65. The Kier molecular flexibility index (Phi) is 3.16. The molecule has 1 aliphatic rings. The second-order valence-electron chi connectivity index (χ2n) is 4.11. The Balaban J connectivity index is 1.95. The van der Waals surface area contributed by atoms with Crippen LogP contribution in [0.4, 0.5) is 0 Å². The third-order valence-corrected chi connectivity index (χ3v) is 3.46. The molecule has 100 valence electrons. The maximum atomic E-state index is 6.15. The van der Waals surface area contributed by atoms with E-state index in [4.69, 9.17) is 19.7 Å². The molecule has 0 saturated carbocycles. The van der Waals surface area contributed by atoms with E-state index in [2.05, 4.69) is 26.1 Å². The van der Waals surface area contributed by atoms with E-state index in [1.165, 1.54) is 0 Å². The number of aromatic nitrogens is 2. The van der Waals surface area contributed by atoms with Crippen LogP contribution >= 0.6 is 15.9 Å². The number of hydrogen-bond acceptors (Lipinski definition) is 6. The van der Waals surface area contributed by atoms with Crippen LogP contribution in [0.3, 0.4) is 0 Å². The summed E-state index contributed by atoms with van der Waals surface area (Å²) in [6.45, 7) is 2.16. The van der Waals surface area contributed by atoms with Crippen LogP contribution < -0.4 is 15.2 Å². The third kappa shape index (κ3) is 2.19. The molecule has 0 spiro atoms. The topological polar surface area (TPSA) is 83.4 Å². The summed E-state index contributed by atoms with van der Waals surface area (Å²) in [6.07, 6.45) is 0.685. The zero-order valence-corrected chi connectivity index (χ0v) is 11.8. The second kappa shape index (κ2) is 4.82. The fraction of sp³-hybridized carbons (Fsp3) is 0.333. The molecule has 0 aliphatic carbocycles. The number of aryl methyl sites for hydroxylation is 1. The maximum Gasteiger partial charge on any atom is 0.231 e. The lowest BCUT2D eigenvalue weighted by atomic mass is 10.1. The van der Waals surface area contributed by atoms with Crippen LogP contribution in [0.1, 0.15) is 30.2 Å². The fourth-order valence-electron chi connectivity index (χ4n) is 1.85. The molecular weight excluding hydrogens is 314 g/mol. The zero-order chi connectivity index (χ0) is 13.4. The van der Waals surface area contributed by atoms with Crippen molar-refractivity contribution in [3.63, 3.8) is 0 Å². The van der Waals surface area contributed by atoms with E-state index in [1.807, 2.05) is 19.1 Å². The van der Waals surface area contributed by atoms with Gasteiger partial charge in [-0.25, -0.2) is 0 Å². The van der Waals surface area contributed by atoms with Gasteiger partial charge in [0.15, 0.2) is 17.3 Å². The van der Waals surface area contributed by atoms with Gasteiger partial charge in [-0.15, -0.1) is 0 Å². The molecule has 1 aromatic heterocycles. The van der Waals surface area contributed by atoms with Crippen molar-refractivity contribution in [1.29, 1.82) is 0 Å². The lowest BCUT2D eigenvalue weighted by Crippen LogP contribution is -2.13. The van der Waals surface area contributed by atoms with Gasteiger partial charge in [-0.3, -0.25) is 0 Å². The number of nitrogens with zero attached hydrogens (tertiary/aromatic N) is 2. The van der Waals surface area contributed by atoms with Crippen molar-refractivity contribution in [2.75, 3.05) is 6.79 Å². The molecule has 2 N–H and O–H groups in total. The average molecular weight is 326 g/mol. The first-order chi connectivity index (χ1) is 9.19. The Morgan fingerprint density at radius 3 is 3.00 bits per heavy atom. The molecular formula is C12H12BrN3O3. The molecule has 1 aliphatic heterocycles. The number of halogens is 1. The summed E-state index contributed by atoms with van der Waals surface area (Å²) in [7, 11) is 0. The molecule has 1 aromatic carbocycles. The summed E-state index contributed by atoms with van der Waals surface area (Å²) in [5.74, 6) is 2.39. The van der Waals surface area contributed by atoms with Gasteiger partial charge in [-0.1, -0.05) is 12.1 Å². The molecule has 0 amide bonds. The standard InChI is InChI=1S/C12H12BrN3O3/c1-2-9-15-12(16-19-9)10(14)6-3-7(13)11-8(4-6)17-5-18-11/h3-4,10H,2,5,14H2,1H3. The fourth-order valence-corrected chi connectivity index (χ4v) is 2.43.